The number of anilines is 1. The number of phenols is 1. The van der Waals surface area contributed by atoms with E-state index < -0.39 is 0 Å². The average molecular weight is 250 g/mol. The summed E-state index contributed by atoms with van der Waals surface area (Å²) in [4.78, 5) is 12.0. The minimum Gasteiger partial charge on any atom is -0.505 e. The lowest BCUT2D eigenvalue weighted by Gasteiger charge is -2.15. The third-order valence-corrected chi connectivity index (χ3v) is 3.16. The molecule has 2 rings (SSSR count). The first-order valence-electron chi connectivity index (χ1n) is 5.93. The van der Waals surface area contributed by atoms with Crippen LogP contribution in [-0.4, -0.2) is 30.3 Å². The molecule has 0 saturated carbocycles. The van der Waals surface area contributed by atoms with Gasteiger partial charge in [-0.3, -0.25) is 4.79 Å². The van der Waals surface area contributed by atoms with Crippen LogP contribution in [0.3, 0.4) is 0 Å². The molecule has 4 N–H and O–H groups in total. The van der Waals surface area contributed by atoms with Gasteiger partial charge >= 0.3 is 0 Å². The van der Waals surface area contributed by atoms with Crippen molar-refractivity contribution in [1.29, 1.82) is 0 Å². The largest absolute Gasteiger partial charge is 0.505 e. The molecule has 1 aliphatic rings. The number of ether oxygens (including phenoxy) is 1. The van der Waals surface area contributed by atoms with Crippen LogP contribution < -0.4 is 11.1 Å². The van der Waals surface area contributed by atoms with Crippen molar-refractivity contribution in [2.45, 2.75) is 19.9 Å². The van der Waals surface area contributed by atoms with Crippen LogP contribution in [0, 0.1) is 19.8 Å². The molecule has 5 heteroatoms. The Balaban J connectivity index is 2.16. The van der Waals surface area contributed by atoms with E-state index in [1.165, 1.54) is 0 Å². The van der Waals surface area contributed by atoms with E-state index in [1.54, 1.807) is 13.0 Å². The van der Waals surface area contributed by atoms with Gasteiger partial charge in [-0.25, -0.2) is 0 Å². The Morgan fingerprint density at radius 3 is 2.78 bits per heavy atom. The molecule has 5 nitrogen and oxygen atoms in total. The maximum atomic E-state index is 12.0. The molecule has 0 radical (unpaired) electrons. The Kier molecular flexibility index (Phi) is 3.54. The number of hydrogen-bond acceptors (Lipinski definition) is 4. The van der Waals surface area contributed by atoms with E-state index in [2.05, 4.69) is 5.32 Å². The van der Waals surface area contributed by atoms with Crippen LogP contribution >= 0.6 is 0 Å². The van der Waals surface area contributed by atoms with E-state index in [1.807, 2.05) is 13.0 Å². The lowest BCUT2D eigenvalue weighted by atomic mass is 10.0. The molecule has 1 aromatic rings. The van der Waals surface area contributed by atoms with Gasteiger partial charge in [0.15, 0.2) is 0 Å². The van der Waals surface area contributed by atoms with Crippen molar-refractivity contribution in [2.75, 3.05) is 18.5 Å². The lowest BCUT2D eigenvalue weighted by molar-refractivity contribution is -0.120. The minimum atomic E-state index is -0.356. The third-order valence-electron chi connectivity index (χ3n) is 3.16. The zero-order valence-corrected chi connectivity index (χ0v) is 10.6. The van der Waals surface area contributed by atoms with Crippen LogP contribution in [0.5, 0.6) is 5.75 Å². The summed E-state index contributed by atoms with van der Waals surface area (Å²) in [7, 11) is 0. The van der Waals surface area contributed by atoms with Gasteiger partial charge in [0.2, 0.25) is 5.91 Å². The van der Waals surface area contributed by atoms with Crippen molar-refractivity contribution in [3.63, 3.8) is 0 Å². The third kappa shape index (κ3) is 2.47. The number of carbonyl (C=O) groups is 1. The second kappa shape index (κ2) is 4.96. The van der Waals surface area contributed by atoms with Crippen molar-refractivity contribution in [1.82, 2.24) is 0 Å². The SMILES string of the molecule is Cc1cc(C)c(O)c(NC(=O)C2COCC2N)c1. The van der Waals surface area contributed by atoms with Gasteiger partial charge in [0.05, 0.1) is 24.8 Å². The smallest absolute Gasteiger partial charge is 0.231 e. The second-order valence-corrected chi connectivity index (χ2v) is 4.78. The van der Waals surface area contributed by atoms with Gasteiger partial charge in [-0.15, -0.1) is 0 Å². The second-order valence-electron chi connectivity index (χ2n) is 4.78. The standard InChI is InChI=1S/C13H18N2O3/c1-7-3-8(2)12(16)11(4-7)15-13(17)9-5-18-6-10(9)14/h3-4,9-10,16H,5-6,14H2,1-2H3,(H,15,17). The van der Waals surface area contributed by atoms with Gasteiger partial charge in [-0.05, 0) is 31.0 Å². The van der Waals surface area contributed by atoms with Gasteiger partial charge in [0, 0.05) is 6.04 Å². The number of hydrogen-bond donors (Lipinski definition) is 3. The number of benzene rings is 1. The van der Waals surface area contributed by atoms with Crippen molar-refractivity contribution in [3.8, 4) is 5.75 Å². The summed E-state index contributed by atoms with van der Waals surface area (Å²) in [6.07, 6.45) is 0. The van der Waals surface area contributed by atoms with E-state index in [9.17, 15) is 9.90 Å². The van der Waals surface area contributed by atoms with Crippen LogP contribution in [0.25, 0.3) is 0 Å². The Morgan fingerprint density at radius 1 is 1.44 bits per heavy atom. The lowest BCUT2D eigenvalue weighted by Crippen LogP contribution is -2.37. The molecule has 98 valence electrons. The molecule has 1 heterocycles. The topological polar surface area (TPSA) is 84.6 Å². The highest BCUT2D eigenvalue weighted by Gasteiger charge is 2.31. The number of nitrogens with one attached hydrogen (secondary N) is 1. The fourth-order valence-electron chi connectivity index (χ4n) is 2.12. The van der Waals surface area contributed by atoms with Crippen LogP contribution in [0.2, 0.25) is 0 Å². The first kappa shape index (κ1) is 12.9. The Morgan fingerprint density at radius 2 is 2.17 bits per heavy atom. The highest BCUT2D eigenvalue weighted by atomic mass is 16.5. The van der Waals surface area contributed by atoms with Crippen LogP contribution in [0.15, 0.2) is 12.1 Å². The fraction of sp³-hybridized carbons (Fsp3) is 0.462. The van der Waals surface area contributed by atoms with E-state index in [4.69, 9.17) is 10.5 Å². The maximum Gasteiger partial charge on any atom is 0.231 e. The van der Waals surface area contributed by atoms with Crippen molar-refractivity contribution in [3.05, 3.63) is 23.3 Å². The van der Waals surface area contributed by atoms with E-state index in [0.29, 0.717) is 18.9 Å². The molecular formula is C13H18N2O3. The molecule has 1 fully saturated rings. The summed E-state index contributed by atoms with van der Waals surface area (Å²) in [5.41, 5.74) is 7.92. The Bertz CT molecular complexity index is 474. The Labute approximate surface area is 106 Å². The molecule has 2 unspecified atom stereocenters. The number of phenolic OH excluding ortho intramolecular Hbond substituents is 1. The highest BCUT2D eigenvalue weighted by Crippen LogP contribution is 2.29. The molecule has 1 aromatic carbocycles. The quantitative estimate of drug-likeness (QED) is 0.681. The highest BCUT2D eigenvalue weighted by molar-refractivity contribution is 5.95. The molecule has 0 aromatic heterocycles. The molecular weight excluding hydrogens is 232 g/mol. The summed E-state index contributed by atoms with van der Waals surface area (Å²) >= 11 is 0. The number of aryl methyl sites for hydroxylation is 2. The van der Waals surface area contributed by atoms with Crippen molar-refractivity contribution in [2.24, 2.45) is 11.7 Å². The maximum absolute atomic E-state index is 12.0. The van der Waals surface area contributed by atoms with Crippen LogP contribution in [-0.2, 0) is 9.53 Å². The first-order chi connectivity index (χ1) is 8.49. The van der Waals surface area contributed by atoms with Crippen molar-refractivity contribution < 1.29 is 14.6 Å². The molecule has 1 saturated heterocycles. The van der Waals surface area contributed by atoms with E-state index >= 15 is 0 Å². The van der Waals surface area contributed by atoms with Crippen LogP contribution in [0.4, 0.5) is 5.69 Å². The van der Waals surface area contributed by atoms with Gasteiger partial charge in [-0.1, -0.05) is 6.07 Å². The molecule has 1 amide bonds. The number of rotatable bonds is 2. The summed E-state index contributed by atoms with van der Waals surface area (Å²) in [5, 5.41) is 12.6. The molecule has 18 heavy (non-hydrogen) atoms. The normalized spacial score (nSPS) is 23.1. The molecule has 0 spiro atoms. The number of nitrogens with two attached hydrogens (primary N) is 1. The summed E-state index contributed by atoms with van der Waals surface area (Å²) < 4.78 is 5.16. The predicted molar refractivity (Wildman–Crippen MR) is 68.5 cm³/mol. The van der Waals surface area contributed by atoms with Gasteiger partial charge in [-0.2, -0.15) is 0 Å². The summed E-state index contributed by atoms with van der Waals surface area (Å²) in [6.45, 7) is 4.43. The van der Waals surface area contributed by atoms with Gasteiger partial charge in [0.1, 0.15) is 5.75 Å². The zero-order chi connectivity index (χ0) is 13.3. The Hall–Kier alpha value is -1.59. The first-order valence-corrected chi connectivity index (χ1v) is 5.93. The zero-order valence-electron chi connectivity index (χ0n) is 10.6. The molecule has 2 atom stereocenters. The van der Waals surface area contributed by atoms with Gasteiger partial charge in [0.25, 0.3) is 0 Å². The fourth-order valence-corrected chi connectivity index (χ4v) is 2.12. The number of aromatic hydroxyl groups is 1. The predicted octanol–water partition coefficient (Wildman–Crippen LogP) is 0.921. The summed E-state index contributed by atoms with van der Waals surface area (Å²) in [5.74, 6) is -0.466. The van der Waals surface area contributed by atoms with Crippen molar-refractivity contribution >= 4 is 11.6 Å². The number of carbonyl (C=O) groups excluding carboxylic acids is 1. The number of amides is 1. The molecule has 1 aliphatic heterocycles. The molecule has 0 aliphatic carbocycles. The minimum absolute atomic E-state index is 0.0986. The van der Waals surface area contributed by atoms with E-state index in [-0.39, 0.29) is 23.6 Å². The molecule has 0 bridgehead atoms. The van der Waals surface area contributed by atoms with Crippen LogP contribution in [0.1, 0.15) is 11.1 Å². The monoisotopic (exact) mass is 250 g/mol. The van der Waals surface area contributed by atoms with Gasteiger partial charge < -0.3 is 20.9 Å². The van der Waals surface area contributed by atoms with E-state index in [0.717, 1.165) is 11.1 Å². The summed E-state index contributed by atoms with van der Waals surface area (Å²) in [6, 6.07) is 3.31. The average Bonchev–Trinajstić information content (AvgIpc) is 2.71.